The van der Waals surface area contributed by atoms with Gasteiger partial charge in [0.2, 0.25) is 5.91 Å². The van der Waals surface area contributed by atoms with Crippen molar-refractivity contribution in [1.82, 2.24) is 14.8 Å². The van der Waals surface area contributed by atoms with Crippen LogP contribution in [-0.4, -0.2) is 66.0 Å². The number of carbonyl (C=O) groups is 1. The lowest BCUT2D eigenvalue weighted by Gasteiger charge is -2.44. The molecule has 2 aliphatic heterocycles. The van der Waals surface area contributed by atoms with Crippen molar-refractivity contribution in [3.05, 3.63) is 46.2 Å². The third kappa shape index (κ3) is 4.36. The number of likely N-dealkylation sites (tertiary alicyclic amines) is 1. The Morgan fingerprint density at radius 2 is 2.00 bits per heavy atom. The number of aryl methyl sites for hydroxylation is 1. The maximum absolute atomic E-state index is 14.0. The minimum absolute atomic E-state index is 0.150. The van der Waals surface area contributed by atoms with Crippen LogP contribution in [0.3, 0.4) is 0 Å². The number of thiazole rings is 1. The molecule has 28 heavy (non-hydrogen) atoms. The van der Waals surface area contributed by atoms with Crippen molar-refractivity contribution < 1.29 is 9.18 Å². The summed E-state index contributed by atoms with van der Waals surface area (Å²) in [6.07, 6.45) is 2.57. The van der Waals surface area contributed by atoms with E-state index in [1.54, 1.807) is 17.4 Å². The summed E-state index contributed by atoms with van der Waals surface area (Å²) in [7, 11) is 0. The average molecular weight is 403 g/mol. The van der Waals surface area contributed by atoms with Crippen LogP contribution in [0.5, 0.6) is 0 Å². The number of para-hydroxylation sites is 1. The second-order valence-corrected chi connectivity index (χ2v) is 8.71. The number of aromatic nitrogens is 1. The summed E-state index contributed by atoms with van der Waals surface area (Å²) in [4.78, 5) is 23.7. The molecule has 2 fully saturated rings. The molecule has 1 amide bonds. The predicted octanol–water partition coefficient (Wildman–Crippen LogP) is 2.95. The summed E-state index contributed by atoms with van der Waals surface area (Å²) in [6.45, 7) is 7.07. The summed E-state index contributed by atoms with van der Waals surface area (Å²) < 4.78 is 14.0. The lowest BCUT2D eigenvalue weighted by molar-refractivity contribution is -0.132. The number of halogens is 1. The van der Waals surface area contributed by atoms with Gasteiger partial charge in [0.05, 0.1) is 22.8 Å². The Morgan fingerprint density at radius 1 is 1.21 bits per heavy atom. The van der Waals surface area contributed by atoms with Gasteiger partial charge in [0.1, 0.15) is 5.82 Å². The zero-order valence-corrected chi connectivity index (χ0v) is 17.1. The molecule has 150 valence electrons. The van der Waals surface area contributed by atoms with E-state index in [1.165, 1.54) is 6.07 Å². The fraction of sp³-hybridized carbons (Fsp3) is 0.524. The number of carbonyl (C=O) groups excluding carboxylic acids is 1. The summed E-state index contributed by atoms with van der Waals surface area (Å²) in [6, 6.07) is 7.40. The van der Waals surface area contributed by atoms with Crippen LogP contribution in [0.2, 0.25) is 0 Å². The van der Waals surface area contributed by atoms with Gasteiger partial charge in [0.15, 0.2) is 0 Å². The van der Waals surface area contributed by atoms with Gasteiger partial charge in [-0.15, -0.1) is 11.3 Å². The van der Waals surface area contributed by atoms with E-state index in [2.05, 4.69) is 14.8 Å². The molecule has 2 aliphatic rings. The van der Waals surface area contributed by atoms with E-state index < -0.39 is 0 Å². The molecule has 0 saturated carbocycles. The quantitative estimate of drug-likeness (QED) is 0.788. The molecule has 0 unspecified atom stereocenters. The number of piperidine rings is 1. The van der Waals surface area contributed by atoms with Crippen LogP contribution in [-0.2, 0) is 11.2 Å². The van der Waals surface area contributed by atoms with Crippen molar-refractivity contribution in [3.8, 4) is 0 Å². The van der Waals surface area contributed by atoms with Gasteiger partial charge in [-0.2, -0.15) is 0 Å². The normalized spacial score (nSPS) is 21.1. The van der Waals surface area contributed by atoms with Crippen LogP contribution < -0.4 is 4.90 Å². The number of rotatable bonds is 4. The van der Waals surface area contributed by atoms with Crippen LogP contribution in [0, 0.1) is 12.7 Å². The fourth-order valence-corrected chi connectivity index (χ4v) is 4.88. The second kappa shape index (κ2) is 8.57. The van der Waals surface area contributed by atoms with Crippen molar-refractivity contribution in [2.24, 2.45) is 0 Å². The van der Waals surface area contributed by atoms with E-state index in [0.717, 1.165) is 62.8 Å². The van der Waals surface area contributed by atoms with Gasteiger partial charge in [-0.25, -0.2) is 9.37 Å². The zero-order chi connectivity index (χ0) is 19.5. The lowest BCUT2D eigenvalue weighted by Crippen LogP contribution is -2.56. The molecule has 4 rings (SSSR count). The number of hydrogen-bond donors (Lipinski definition) is 0. The van der Waals surface area contributed by atoms with Gasteiger partial charge in [0, 0.05) is 50.7 Å². The predicted molar refractivity (Wildman–Crippen MR) is 110 cm³/mol. The van der Waals surface area contributed by atoms with E-state index in [-0.39, 0.29) is 11.7 Å². The third-order valence-corrected chi connectivity index (χ3v) is 6.59. The zero-order valence-electron chi connectivity index (χ0n) is 16.3. The van der Waals surface area contributed by atoms with Crippen molar-refractivity contribution in [2.75, 3.05) is 44.2 Å². The summed E-state index contributed by atoms with van der Waals surface area (Å²) in [5.41, 5.74) is 1.58. The van der Waals surface area contributed by atoms with E-state index in [0.29, 0.717) is 18.2 Å². The van der Waals surface area contributed by atoms with Crippen molar-refractivity contribution >= 4 is 22.9 Å². The van der Waals surface area contributed by atoms with Crippen LogP contribution in [0.25, 0.3) is 0 Å². The molecule has 2 aromatic rings. The molecule has 0 spiro atoms. The number of hydrogen-bond acceptors (Lipinski definition) is 5. The molecule has 5 nitrogen and oxygen atoms in total. The van der Waals surface area contributed by atoms with Crippen molar-refractivity contribution in [1.29, 1.82) is 0 Å². The molecule has 1 atom stereocenters. The SMILES string of the molecule is Cc1nc(CC(=O)N2CCC[C@@H](N3CCN(c4ccccc4F)CC3)C2)cs1. The smallest absolute Gasteiger partial charge is 0.228 e. The van der Waals surface area contributed by atoms with E-state index in [4.69, 9.17) is 0 Å². The Hall–Kier alpha value is -1.99. The Balaban J connectivity index is 1.31. The van der Waals surface area contributed by atoms with Gasteiger partial charge in [-0.1, -0.05) is 12.1 Å². The van der Waals surface area contributed by atoms with Crippen LogP contribution in [0.4, 0.5) is 10.1 Å². The first-order valence-corrected chi connectivity index (χ1v) is 10.9. The highest BCUT2D eigenvalue weighted by Crippen LogP contribution is 2.23. The summed E-state index contributed by atoms with van der Waals surface area (Å²) in [5, 5.41) is 2.99. The Kier molecular flexibility index (Phi) is 5.92. The number of nitrogens with zero attached hydrogens (tertiary/aromatic N) is 4. The van der Waals surface area contributed by atoms with Crippen LogP contribution >= 0.6 is 11.3 Å². The van der Waals surface area contributed by atoms with Crippen LogP contribution in [0.15, 0.2) is 29.6 Å². The molecular formula is C21H27FN4OS. The third-order valence-electron chi connectivity index (χ3n) is 5.77. The molecule has 0 radical (unpaired) electrons. The van der Waals surface area contributed by atoms with Crippen LogP contribution in [0.1, 0.15) is 23.5 Å². The van der Waals surface area contributed by atoms with Crippen molar-refractivity contribution in [3.63, 3.8) is 0 Å². The number of benzene rings is 1. The fourth-order valence-electron chi connectivity index (χ4n) is 4.27. The number of anilines is 1. The molecule has 1 aromatic heterocycles. The number of amides is 1. The first kappa shape index (κ1) is 19.3. The van der Waals surface area contributed by atoms with Gasteiger partial charge >= 0.3 is 0 Å². The first-order chi connectivity index (χ1) is 13.6. The van der Waals surface area contributed by atoms with E-state index in [9.17, 15) is 9.18 Å². The first-order valence-electron chi connectivity index (χ1n) is 10.0. The van der Waals surface area contributed by atoms with Crippen molar-refractivity contribution in [2.45, 2.75) is 32.2 Å². The molecule has 0 aliphatic carbocycles. The topological polar surface area (TPSA) is 39.7 Å². The molecule has 7 heteroatoms. The van der Waals surface area contributed by atoms with Gasteiger partial charge in [0.25, 0.3) is 0 Å². The highest BCUT2D eigenvalue weighted by molar-refractivity contribution is 7.09. The number of piperazine rings is 1. The largest absolute Gasteiger partial charge is 0.367 e. The molecule has 1 aromatic carbocycles. The Bertz CT molecular complexity index is 818. The maximum Gasteiger partial charge on any atom is 0.228 e. The molecule has 2 saturated heterocycles. The highest BCUT2D eigenvalue weighted by Gasteiger charge is 2.30. The minimum atomic E-state index is -0.150. The highest BCUT2D eigenvalue weighted by atomic mass is 32.1. The second-order valence-electron chi connectivity index (χ2n) is 7.64. The molecule has 3 heterocycles. The van der Waals surface area contributed by atoms with Gasteiger partial charge < -0.3 is 9.80 Å². The lowest BCUT2D eigenvalue weighted by atomic mass is 10.0. The molecular weight excluding hydrogens is 375 g/mol. The van der Waals surface area contributed by atoms with Gasteiger partial charge in [-0.05, 0) is 31.9 Å². The average Bonchev–Trinajstić information content (AvgIpc) is 3.13. The van der Waals surface area contributed by atoms with E-state index >= 15 is 0 Å². The Labute approximate surface area is 169 Å². The Morgan fingerprint density at radius 3 is 2.71 bits per heavy atom. The molecule has 0 N–H and O–H groups in total. The summed E-state index contributed by atoms with van der Waals surface area (Å²) in [5.74, 6) is 0.0302. The standard InChI is InChI=1S/C21H27FN4OS/c1-16-23-17(15-28-16)13-21(27)26-8-4-5-18(14-26)24-9-11-25(12-10-24)20-7-3-2-6-19(20)22/h2-3,6-7,15,18H,4-5,8-14H2,1H3/t18-/m1/s1. The molecule has 0 bridgehead atoms. The minimum Gasteiger partial charge on any atom is -0.367 e. The summed E-state index contributed by atoms with van der Waals surface area (Å²) >= 11 is 1.59. The van der Waals surface area contributed by atoms with E-state index in [1.807, 2.05) is 29.3 Å². The monoisotopic (exact) mass is 402 g/mol. The maximum atomic E-state index is 14.0. The van der Waals surface area contributed by atoms with Gasteiger partial charge in [-0.3, -0.25) is 9.69 Å².